The van der Waals surface area contributed by atoms with Crippen molar-refractivity contribution >= 4 is 27.8 Å². The molecule has 0 atom stereocenters. The SMILES string of the molecule is COc1ccc2c(CC(=O)Oc3ccc4ccc(=O)oc4c3CC=C(C)C)c[nH]c2c1. The molecule has 2 aromatic heterocycles. The molecule has 0 fully saturated rings. The van der Waals surface area contributed by atoms with Gasteiger partial charge in [-0.2, -0.15) is 0 Å². The molecule has 0 aliphatic rings. The molecule has 158 valence electrons. The van der Waals surface area contributed by atoms with E-state index in [2.05, 4.69) is 4.98 Å². The number of hydrogen-bond acceptors (Lipinski definition) is 5. The molecule has 2 aromatic carbocycles. The number of aromatic nitrogens is 1. The van der Waals surface area contributed by atoms with Crippen LogP contribution in [0.1, 0.15) is 25.0 Å². The van der Waals surface area contributed by atoms with E-state index in [0.717, 1.165) is 33.2 Å². The lowest BCUT2D eigenvalue weighted by Crippen LogP contribution is -2.12. The third kappa shape index (κ3) is 4.38. The van der Waals surface area contributed by atoms with Crippen LogP contribution in [0.15, 0.2) is 69.5 Å². The molecule has 0 aliphatic carbocycles. The number of esters is 1. The smallest absolute Gasteiger partial charge is 0.336 e. The van der Waals surface area contributed by atoms with Gasteiger partial charge in [0.2, 0.25) is 0 Å². The molecule has 31 heavy (non-hydrogen) atoms. The van der Waals surface area contributed by atoms with E-state index >= 15 is 0 Å². The molecule has 2 heterocycles. The van der Waals surface area contributed by atoms with Crippen molar-refractivity contribution < 1.29 is 18.7 Å². The number of methoxy groups -OCH3 is 1. The molecule has 0 radical (unpaired) electrons. The summed E-state index contributed by atoms with van der Waals surface area (Å²) in [5.41, 5.74) is 3.51. The van der Waals surface area contributed by atoms with Gasteiger partial charge in [0.1, 0.15) is 17.1 Å². The Bertz CT molecular complexity index is 1360. The lowest BCUT2D eigenvalue weighted by atomic mass is 10.1. The van der Waals surface area contributed by atoms with Crippen LogP contribution in [0, 0.1) is 0 Å². The van der Waals surface area contributed by atoms with Crippen LogP contribution < -0.4 is 15.1 Å². The number of H-pyrrole nitrogens is 1. The lowest BCUT2D eigenvalue weighted by molar-refractivity contribution is -0.133. The maximum atomic E-state index is 12.8. The first-order valence-corrected chi connectivity index (χ1v) is 9.98. The number of carbonyl (C=O) groups excluding carboxylic acids is 1. The summed E-state index contributed by atoms with van der Waals surface area (Å²) in [6.07, 6.45) is 4.40. The summed E-state index contributed by atoms with van der Waals surface area (Å²) >= 11 is 0. The lowest BCUT2D eigenvalue weighted by Gasteiger charge is -2.11. The van der Waals surface area contributed by atoms with E-state index in [1.807, 2.05) is 38.1 Å². The van der Waals surface area contributed by atoms with E-state index in [1.165, 1.54) is 6.07 Å². The number of aromatic amines is 1. The van der Waals surface area contributed by atoms with E-state index in [4.69, 9.17) is 13.9 Å². The first kappa shape index (κ1) is 20.5. The highest BCUT2D eigenvalue weighted by Gasteiger charge is 2.16. The second-order valence-corrected chi connectivity index (χ2v) is 7.58. The van der Waals surface area contributed by atoms with Gasteiger partial charge in [-0.3, -0.25) is 4.79 Å². The fraction of sp³-hybridized carbons (Fsp3) is 0.200. The van der Waals surface area contributed by atoms with Gasteiger partial charge in [0.05, 0.1) is 13.5 Å². The molecule has 6 nitrogen and oxygen atoms in total. The second kappa shape index (κ2) is 8.52. The maximum Gasteiger partial charge on any atom is 0.336 e. The summed E-state index contributed by atoms with van der Waals surface area (Å²) in [5.74, 6) is 0.740. The molecule has 0 saturated carbocycles. The van der Waals surface area contributed by atoms with Crippen LogP contribution in [0.3, 0.4) is 0 Å². The Morgan fingerprint density at radius 3 is 2.71 bits per heavy atom. The quantitative estimate of drug-likeness (QED) is 0.208. The molecular formula is C25H23NO5. The van der Waals surface area contributed by atoms with Crippen LogP contribution in [0.4, 0.5) is 0 Å². The van der Waals surface area contributed by atoms with Crippen LogP contribution in [0.2, 0.25) is 0 Å². The zero-order chi connectivity index (χ0) is 22.0. The Balaban J connectivity index is 1.64. The molecule has 0 spiro atoms. The normalized spacial score (nSPS) is 10.9. The maximum absolute atomic E-state index is 12.8. The highest BCUT2D eigenvalue weighted by Crippen LogP contribution is 2.29. The van der Waals surface area contributed by atoms with Gasteiger partial charge in [-0.15, -0.1) is 0 Å². The zero-order valence-corrected chi connectivity index (χ0v) is 17.7. The van der Waals surface area contributed by atoms with Crippen LogP contribution in [0.25, 0.3) is 21.9 Å². The number of carbonyl (C=O) groups is 1. The average Bonchev–Trinajstić information content (AvgIpc) is 3.14. The van der Waals surface area contributed by atoms with Gasteiger partial charge in [0.25, 0.3) is 0 Å². The summed E-state index contributed by atoms with van der Waals surface area (Å²) < 4.78 is 16.4. The summed E-state index contributed by atoms with van der Waals surface area (Å²) in [7, 11) is 1.61. The highest BCUT2D eigenvalue weighted by molar-refractivity contribution is 5.89. The van der Waals surface area contributed by atoms with Gasteiger partial charge in [0, 0.05) is 40.2 Å². The topological polar surface area (TPSA) is 81.5 Å². The van der Waals surface area contributed by atoms with Gasteiger partial charge < -0.3 is 18.9 Å². The van der Waals surface area contributed by atoms with E-state index < -0.39 is 11.6 Å². The number of rotatable bonds is 6. The van der Waals surface area contributed by atoms with E-state index in [0.29, 0.717) is 23.3 Å². The zero-order valence-electron chi connectivity index (χ0n) is 17.7. The Labute approximate surface area is 179 Å². The summed E-state index contributed by atoms with van der Waals surface area (Å²) in [5, 5.41) is 1.72. The van der Waals surface area contributed by atoms with Gasteiger partial charge >= 0.3 is 11.6 Å². The molecule has 0 aliphatic heterocycles. The van der Waals surface area contributed by atoms with Crippen molar-refractivity contribution in [2.24, 2.45) is 0 Å². The Morgan fingerprint density at radius 2 is 1.94 bits per heavy atom. The molecule has 0 amide bonds. The van der Waals surface area contributed by atoms with Crippen molar-refractivity contribution in [3.63, 3.8) is 0 Å². The first-order chi connectivity index (χ1) is 14.9. The fourth-order valence-electron chi connectivity index (χ4n) is 3.52. The molecule has 0 bridgehead atoms. The molecule has 4 rings (SSSR count). The number of fused-ring (bicyclic) bond motifs is 2. The monoisotopic (exact) mass is 417 g/mol. The van der Waals surface area contributed by atoms with Crippen molar-refractivity contribution in [1.82, 2.24) is 4.98 Å². The van der Waals surface area contributed by atoms with Gasteiger partial charge in [0.15, 0.2) is 0 Å². The van der Waals surface area contributed by atoms with Crippen LogP contribution in [-0.2, 0) is 17.6 Å². The van der Waals surface area contributed by atoms with Gasteiger partial charge in [-0.05, 0) is 56.2 Å². The number of hydrogen-bond donors (Lipinski definition) is 1. The van der Waals surface area contributed by atoms with E-state index in [-0.39, 0.29) is 6.42 Å². The average molecular weight is 417 g/mol. The Kier molecular flexibility index (Phi) is 5.62. The van der Waals surface area contributed by atoms with Gasteiger partial charge in [-0.25, -0.2) is 4.79 Å². The Morgan fingerprint density at radius 1 is 1.13 bits per heavy atom. The summed E-state index contributed by atoms with van der Waals surface area (Å²) in [4.78, 5) is 27.7. The molecule has 0 unspecified atom stereocenters. The minimum atomic E-state index is -0.441. The van der Waals surface area contributed by atoms with E-state index in [9.17, 15) is 9.59 Å². The van der Waals surface area contributed by atoms with Crippen molar-refractivity contribution in [2.75, 3.05) is 7.11 Å². The summed E-state index contributed by atoms with van der Waals surface area (Å²) in [6.45, 7) is 3.97. The van der Waals surface area contributed by atoms with Crippen molar-refractivity contribution in [3.05, 3.63) is 81.9 Å². The van der Waals surface area contributed by atoms with Crippen LogP contribution >= 0.6 is 0 Å². The largest absolute Gasteiger partial charge is 0.497 e. The molecule has 6 heteroatoms. The predicted molar refractivity (Wildman–Crippen MR) is 120 cm³/mol. The summed E-state index contributed by atoms with van der Waals surface area (Å²) in [6, 6.07) is 12.3. The molecule has 0 saturated heterocycles. The third-order valence-corrected chi connectivity index (χ3v) is 5.10. The number of benzene rings is 2. The molecule has 1 N–H and O–H groups in total. The van der Waals surface area contributed by atoms with Crippen molar-refractivity contribution in [2.45, 2.75) is 26.7 Å². The first-order valence-electron chi connectivity index (χ1n) is 9.98. The molecule has 4 aromatic rings. The fourth-order valence-corrected chi connectivity index (χ4v) is 3.52. The number of ether oxygens (including phenoxy) is 2. The third-order valence-electron chi connectivity index (χ3n) is 5.10. The number of allylic oxidation sites excluding steroid dienone is 2. The number of nitrogens with one attached hydrogen (secondary N) is 1. The van der Waals surface area contributed by atoms with Crippen LogP contribution in [0.5, 0.6) is 11.5 Å². The van der Waals surface area contributed by atoms with Crippen LogP contribution in [-0.4, -0.2) is 18.1 Å². The minimum absolute atomic E-state index is 0.102. The van der Waals surface area contributed by atoms with Crippen molar-refractivity contribution in [3.8, 4) is 11.5 Å². The highest BCUT2D eigenvalue weighted by atomic mass is 16.5. The van der Waals surface area contributed by atoms with E-state index in [1.54, 1.807) is 31.5 Å². The van der Waals surface area contributed by atoms with Gasteiger partial charge in [-0.1, -0.05) is 11.6 Å². The predicted octanol–water partition coefficient (Wildman–Crippen LogP) is 4.94. The molecular weight excluding hydrogens is 394 g/mol. The standard InChI is InChI=1S/C25H23NO5/c1-15(2)4-8-20-22(10-5-16-6-11-23(27)31-25(16)20)30-24(28)12-17-14-26-21-13-18(29-3)7-9-19(17)21/h4-7,9-11,13-14,26H,8,12H2,1-3H3. The second-order valence-electron chi connectivity index (χ2n) is 7.58. The minimum Gasteiger partial charge on any atom is -0.497 e. The van der Waals surface area contributed by atoms with Crippen molar-refractivity contribution in [1.29, 1.82) is 0 Å². The Hall–Kier alpha value is -3.80.